The maximum absolute atomic E-state index is 12.0. The van der Waals surface area contributed by atoms with Crippen LogP contribution < -0.4 is 5.73 Å². The molecule has 1 aromatic heterocycles. The van der Waals surface area contributed by atoms with Crippen LogP contribution >= 0.6 is 0 Å². The first-order chi connectivity index (χ1) is 7.16. The highest BCUT2D eigenvalue weighted by molar-refractivity contribution is 5.92. The summed E-state index contributed by atoms with van der Waals surface area (Å²) >= 11 is 0. The molecule has 5 heteroatoms. The third kappa shape index (κ3) is 2.18. The Morgan fingerprint density at radius 2 is 2.47 bits per heavy atom. The Kier molecular flexibility index (Phi) is 2.73. The zero-order chi connectivity index (χ0) is 10.8. The summed E-state index contributed by atoms with van der Waals surface area (Å²) in [7, 11) is 0. The second-order valence-electron chi connectivity index (χ2n) is 4.28. The van der Waals surface area contributed by atoms with Crippen LogP contribution in [0, 0.1) is 5.92 Å². The number of rotatable bonds is 1. The number of aromatic amines is 1. The van der Waals surface area contributed by atoms with Gasteiger partial charge in [-0.15, -0.1) is 0 Å². The smallest absolute Gasteiger partial charge is 0.271 e. The molecule has 1 fully saturated rings. The molecule has 1 amide bonds. The number of aromatic nitrogens is 2. The van der Waals surface area contributed by atoms with E-state index < -0.39 is 0 Å². The summed E-state index contributed by atoms with van der Waals surface area (Å²) < 4.78 is 0. The van der Waals surface area contributed by atoms with Gasteiger partial charge < -0.3 is 15.6 Å². The third-order valence-corrected chi connectivity index (χ3v) is 2.71. The van der Waals surface area contributed by atoms with Gasteiger partial charge in [0.25, 0.3) is 5.91 Å². The van der Waals surface area contributed by atoms with Crippen LogP contribution in [-0.2, 0) is 0 Å². The number of likely N-dealkylation sites (tertiary alicyclic amines) is 1. The molecule has 5 nitrogen and oxygen atoms in total. The van der Waals surface area contributed by atoms with Gasteiger partial charge in [-0.1, -0.05) is 6.92 Å². The Balaban J connectivity index is 2.07. The molecule has 1 aromatic rings. The van der Waals surface area contributed by atoms with Crippen LogP contribution in [0.15, 0.2) is 12.5 Å². The standard InChI is InChI=1S/C10H16N4O/c1-7-2-8(11)5-14(4-7)10(15)9-3-12-6-13-9/h3,6-8H,2,4-5,11H2,1H3,(H,12,13). The summed E-state index contributed by atoms with van der Waals surface area (Å²) in [4.78, 5) is 20.4. The molecular weight excluding hydrogens is 192 g/mol. The number of imidazole rings is 1. The van der Waals surface area contributed by atoms with Crippen molar-refractivity contribution in [1.82, 2.24) is 14.9 Å². The van der Waals surface area contributed by atoms with Gasteiger partial charge >= 0.3 is 0 Å². The van der Waals surface area contributed by atoms with E-state index in [2.05, 4.69) is 16.9 Å². The molecule has 0 aromatic carbocycles. The summed E-state index contributed by atoms with van der Waals surface area (Å²) in [6.45, 7) is 3.54. The van der Waals surface area contributed by atoms with Crippen LogP contribution in [-0.4, -0.2) is 39.9 Å². The molecule has 0 radical (unpaired) electrons. The minimum absolute atomic E-state index is 0.00509. The van der Waals surface area contributed by atoms with Crippen LogP contribution in [0.3, 0.4) is 0 Å². The fraction of sp³-hybridized carbons (Fsp3) is 0.600. The van der Waals surface area contributed by atoms with Crippen LogP contribution in [0.4, 0.5) is 0 Å². The largest absolute Gasteiger partial charge is 0.341 e. The highest BCUT2D eigenvalue weighted by Gasteiger charge is 2.26. The molecule has 3 N–H and O–H groups in total. The van der Waals surface area contributed by atoms with Crippen LogP contribution in [0.2, 0.25) is 0 Å². The van der Waals surface area contributed by atoms with Crippen molar-refractivity contribution in [3.63, 3.8) is 0 Å². The van der Waals surface area contributed by atoms with Gasteiger partial charge in [-0.25, -0.2) is 4.98 Å². The quantitative estimate of drug-likeness (QED) is 0.693. The van der Waals surface area contributed by atoms with Crippen LogP contribution in [0.5, 0.6) is 0 Å². The molecule has 0 bridgehead atoms. The molecule has 2 heterocycles. The van der Waals surface area contributed by atoms with Crippen molar-refractivity contribution in [2.75, 3.05) is 13.1 Å². The molecule has 2 rings (SSSR count). The number of carbonyl (C=O) groups is 1. The van der Waals surface area contributed by atoms with Crippen molar-refractivity contribution in [1.29, 1.82) is 0 Å². The van der Waals surface area contributed by atoms with Gasteiger partial charge in [0.15, 0.2) is 0 Å². The Hall–Kier alpha value is -1.36. The second-order valence-corrected chi connectivity index (χ2v) is 4.28. The first-order valence-electron chi connectivity index (χ1n) is 5.20. The number of nitrogens with zero attached hydrogens (tertiary/aromatic N) is 2. The predicted molar refractivity (Wildman–Crippen MR) is 56.2 cm³/mol. The maximum Gasteiger partial charge on any atom is 0.271 e. The summed E-state index contributed by atoms with van der Waals surface area (Å²) in [5.41, 5.74) is 6.43. The normalized spacial score (nSPS) is 26.7. The Bertz CT molecular complexity index is 325. The second kappa shape index (κ2) is 4.02. The molecule has 2 atom stereocenters. The van der Waals surface area contributed by atoms with E-state index in [1.165, 1.54) is 6.33 Å². The van der Waals surface area contributed by atoms with Crippen LogP contribution in [0.1, 0.15) is 23.8 Å². The molecule has 0 spiro atoms. The first kappa shape index (κ1) is 10.2. The van der Waals surface area contributed by atoms with Crippen molar-refractivity contribution in [3.05, 3.63) is 18.2 Å². The topological polar surface area (TPSA) is 75.0 Å². The minimum Gasteiger partial charge on any atom is -0.341 e. The maximum atomic E-state index is 12.0. The number of hydrogen-bond acceptors (Lipinski definition) is 3. The molecule has 1 aliphatic heterocycles. The van der Waals surface area contributed by atoms with Gasteiger partial charge in [0.05, 0.1) is 12.5 Å². The lowest BCUT2D eigenvalue weighted by atomic mass is 9.96. The highest BCUT2D eigenvalue weighted by atomic mass is 16.2. The Morgan fingerprint density at radius 1 is 1.67 bits per heavy atom. The molecular formula is C10H16N4O. The monoisotopic (exact) mass is 208 g/mol. The van der Waals surface area contributed by atoms with Gasteiger partial charge in [0.1, 0.15) is 5.69 Å². The van der Waals surface area contributed by atoms with E-state index in [0.717, 1.165) is 13.0 Å². The fourth-order valence-electron chi connectivity index (χ4n) is 2.11. The van der Waals surface area contributed by atoms with Gasteiger partial charge in [-0.05, 0) is 12.3 Å². The summed E-state index contributed by atoms with van der Waals surface area (Å²) in [6, 6.07) is 0.0978. The first-order valence-corrected chi connectivity index (χ1v) is 5.20. The van der Waals surface area contributed by atoms with E-state index in [0.29, 0.717) is 18.2 Å². The van der Waals surface area contributed by atoms with Gasteiger partial charge in [-0.3, -0.25) is 4.79 Å². The van der Waals surface area contributed by atoms with E-state index in [9.17, 15) is 4.79 Å². The van der Waals surface area contributed by atoms with Crippen molar-refractivity contribution >= 4 is 5.91 Å². The van der Waals surface area contributed by atoms with E-state index in [1.54, 1.807) is 11.1 Å². The van der Waals surface area contributed by atoms with Crippen molar-refractivity contribution < 1.29 is 4.79 Å². The van der Waals surface area contributed by atoms with Gasteiger partial charge in [0.2, 0.25) is 0 Å². The molecule has 0 saturated carbocycles. The van der Waals surface area contributed by atoms with Crippen LogP contribution in [0.25, 0.3) is 0 Å². The number of hydrogen-bond donors (Lipinski definition) is 2. The number of piperidine rings is 1. The van der Waals surface area contributed by atoms with Crippen molar-refractivity contribution in [2.24, 2.45) is 11.7 Å². The summed E-state index contributed by atoms with van der Waals surface area (Å²) in [5, 5.41) is 0. The number of amides is 1. The van der Waals surface area contributed by atoms with E-state index in [1.807, 2.05) is 0 Å². The molecule has 2 unspecified atom stereocenters. The van der Waals surface area contributed by atoms with E-state index in [4.69, 9.17) is 5.73 Å². The SMILES string of the molecule is CC1CC(N)CN(C(=O)c2cnc[nH]2)C1. The van der Waals surface area contributed by atoms with E-state index >= 15 is 0 Å². The highest BCUT2D eigenvalue weighted by Crippen LogP contribution is 2.16. The Morgan fingerprint density at radius 3 is 3.07 bits per heavy atom. The third-order valence-electron chi connectivity index (χ3n) is 2.71. The summed E-state index contributed by atoms with van der Waals surface area (Å²) in [5.74, 6) is 0.468. The Labute approximate surface area is 88.7 Å². The molecule has 0 aliphatic carbocycles. The zero-order valence-corrected chi connectivity index (χ0v) is 8.81. The average Bonchev–Trinajstić information content (AvgIpc) is 2.67. The van der Waals surface area contributed by atoms with Gasteiger partial charge in [-0.2, -0.15) is 0 Å². The molecule has 82 valence electrons. The molecule has 1 aliphatic rings. The van der Waals surface area contributed by atoms with E-state index in [-0.39, 0.29) is 11.9 Å². The van der Waals surface area contributed by atoms with Crippen molar-refractivity contribution in [3.8, 4) is 0 Å². The minimum atomic E-state index is -0.00509. The average molecular weight is 208 g/mol. The lowest BCUT2D eigenvalue weighted by Crippen LogP contribution is -2.48. The predicted octanol–water partition coefficient (Wildman–Crippen LogP) is 0.219. The lowest BCUT2D eigenvalue weighted by molar-refractivity contribution is 0.0655. The number of nitrogens with one attached hydrogen (secondary N) is 1. The molecule has 1 saturated heterocycles. The van der Waals surface area contributed by atoms with Gasteiger partial charge in [0, 0.05) is 19.1 Å². The lowest BCUT2D eigenvalue weighted by Gasteiger charge is -2.34. The number of nitrogens with two attached hydrogens (primary N) is 1. The zero-order valence-electron chi connectivity index (χ0n) is 8.81. The number of carbonyl (C=O) groups excluding carboxylic acids is 1. The number of H-pyrrole nitrogens is 1. The van der Waals surface area contributed by atoms with Crippen molar-refractivity contribution in [2.45, 2.75) is 19.4 Å². The molecule has 15 heavy (non-hydrogen) atoms. The fourth-order valence-corrected chi connectivity index (χ4v) is 2.11. The summed E-state index contributed by atoms with van der Waals surface area (Å²) in [6.07, 6.45) is 4.06.